The summed E-state index contributed by atoms with van der Waals surface area (Å²) in [5.74, 6) is -0.122. The molecule has 0 saturated carbocycles. The minimum atomic E-state index is -0.383. The highest BCUT2D eigenvalue weighted by Gasteiger charge is 2.27. The highest BCUT2D eigenvalue weighted by atomic mass is 35.5. The van der Waals surface area contributed by atoms with Crippen molar-refractivity contribution in [2.24, 2.45) is 5.92 Å². The third kappa shape index (κ3) is 4.77. The second kappa shape index (κ2) is 8.89. The molecule has 8 heteroatoms. The van der Waals surface area contributed by atoms with Gasteiger partial charge in [-0.2, -0.15) is 4.68 Å². The van der Waals surface area contributed by atoms with Crippen molar-refractivity contribution in [1.29, 1.82) is 0 Å². The van der Waals surface area contributed by atoms with Gasteiger partial charge in [-0.15, -0.1) is 5.10 Å². The Morgan fingerprint density at radius 1 is 1.16 bits per heavy atom. The number of rotatable bonds is 4. The molecular weight excluding hydrogens is 419 g/mol. The highest BCUT2D eigenvalue weighted by molar-refractivity contribution is 6.33. The molecule has 1 atom stereocenters. The minimum Gasteiger partial charge on any atom is -0.354 e. The molecule has 4 rings (SSSR count). The van der Waals surface area contributed by atoms with Crippen LogP contribution in [0.4, 0.5) is 15.9 Å². The van der Waals surface area contributed by atoms with Crippen LogP contribution in [-0.2, 0) is 4.79 Å². The van der Waals surface area contributed by atoms with Crippen molar-refractivity contribution in [1.82, 2.24) is 9.78 Å². The van der Waals surface area contributed by atoms with Gasteiger partial charge in [-0.3, -0.25) is 9.59 Å². The molecule has 31 heavy (non-hydrogen) atoms. The fourth-order valence-electron chi connectivity index (χ4n) is 3.69. The van der Waals surface area contributed by atoms with Gasteiger partial charge in [0.05, 0.1) is 22.3 Å². The Kier molecular flexibility index (Phi) is 6.04. The second-order valence-electron chi connectivity index (χ2n) is 7.68. The number of halogens is 2. The molecule has 1 N–H and O–H groups in total. The predicted molar refractivity (Wildman–Crippen MR) is 120 cm³/mol. The number of amides is 1. The van der Waals surface area contributed by atoms with E-state index in [0.29, 0.717) is 28.8 Å². The molecule has 0 spiro atoms. The summed E-state index contributed by atoms with van der Waals surface area (Å²) >= 11 is 6.25. The molecule has 1 aliphatic heterocycles. The van der Waals surface area contributed by atoms with Gasteiger partial charge in [0.1, 0.15) is 11.6 Å². The summed E-state index contributed by atoms with van der Waals surface area (Å²) in [6.07, 6.45) is 1.57. The lowest BCUT2D eigenvalue weighted by Gasteiger charge is -2.33. The van der Waals surface area contributed by atoms with Crippen LogP contribution in [-0.4, -0.2) is 28.8 Å². The Labute approximate surface area is 184 Å². The molecule has 1 saturated heterocycles. The van der Waals surface area contributed by atoms with Crippen molar-refractivity contribution in [2.45, 2.75) is 19.8 Å². The molecule has 2 heterocycles. The Morgan fingerprint density at radius 2 is 1.94 bits per heavy atom. The summed E-state index contributed by atoms with van der Waals surface area (Å²) in [5.41, 5.74) is 1.79. The van der Waals surface area contributed by atoms with Crippen molar-refractivity contribution >= 4 is 29.0 Å². The minimum absolute atomic E-state index is 0.0951. The van der Waals surface area contributed by atoms with Gasteiger partial charge >= 0.3 is 0 Å². The average molecular weight is 441 g/mol. The quantitative estimate of drug-likeness (QED) is 0.660. The summed E-state index contributed by atoms with van der Waals surface area (Å²) in [6.45, 7) is 3.14. The molecule has 1 unspecified atom stereocenters. The smallest absolute Gasteiger partial charge is 0.271 e. The van der Waals surface area contributed by atoms with Gasteiger partial charge in [-0.25, -0.2) is 4.39 Å². The number of hydrogen-bond acceptors (Lipinski definition) is 4. The summed E-state index contributed by atoms with van der Waals surface area (Å²) in [5, 5.41) is 7.88. The number of hydrogen-bond donors (Lipinski definition) is 1. The summed E-state index contributed by atoms with van der Waals surface area (Å²) in [4.78, 5) is 27.1. The highest BCUT2D eigenvalue weighted by Crippen LogP contribution is 2.26. The van der Waals surface area contributed by atoms with Gasteiger partial charge in [-0.1, -0.05) is 17.7 Å². The first-order chi connectivity index (χ1) is 14.9. The van der Waals surface area contributed by atoms with Gasteiger partial charge in [0, 0.05) is 19.2 Å². The van der Waals surface area contributed by atoms with E-state index in [-0.39, 0.29) is 23.2 Å². The Bertz CT molecular complexity index is 1160. The number of carbonyl (C=O) groups excluding carboxylic acids is 1. The van der Waals surface area contributed by atoms with Crippen LogP contribution in [0.25, 0.3) is 5.69 Å². The monoisotopic (exact) mass is 440 g/mol. The van der Waals surface area contributed by atoms with Crippen LogP contribution in [0.1, 0.15) is 18.4 Å². The molecule has 0 aliphatic carbocycles. The Balaban J connectivity index is 1.52. The van der Waals surface area contributed by atoms with E-state index < -0.39 is 0 Å². The number of anilines is 2. The molecule has 160 valence electrons. The van der Waals surface area contributed by atoms with Crippen molar-refractivity contribution in [3.8, 4) is 5.69 Å². The third-order valence-corrected chi connectivity index (χ3v) is 5.67. The van der Waals surface area contributed by atoms with Crippen LogP contribution < -0.4 is 15.8 Å². The zero-order chi connectivity index (χ0) is 22.0. The maximum Gasteiger partial charge on any atom is 0.271 e. The summed E-state index contributed by atoms with van der Waals surface area (Å²) in [7, 11) is 0. The molecule has 3 aromatic rings. The zero-order valence-corrected chi connectivity index (χ0v) is 17.8. The van der Waals surface area contributed by atoms with E-state index in [0.717, 1.165) is 24.9 Å². The number of piperidine rings is 1. The van der Waals surface area contributed by atoms with Crippen LogP contribution in [0, 0.1) is 18.7 Å². The maximum atomic E-state index is 13.2. The average Bonchev–Trinajstić information content (AvgIpc) is 2.77. The van der Waals surface area contributed by atoms with Crippen LogP contribution >= 0.6 is 11.6 Å². The fraction of sp³-hybridized carbons (Fsp3) is 0.261. The van der Waals surface area contributed by atoms with Crippen molar-refractivity contribution < 1.29 is 9.18 Å². The van der Waals surface area contributed by atoms with E-state index in [1.165, 1.54) is 35.0 Å². The van der Waals surface area contributed by atoms with E-state index in [2.05, 4.69) is 10.4 Å². The second-order valence-corrected chi connectivity index (χ2v) is 8.08. The number of carbonyl (C=O) groups is 1. The number of aryl methyl sites for hydroxylation is 1. The van der Waals surface area contributed by atoms with Gasteiger partial charge in [0.25, 0.3) is 5.56 Å². The molecule has 1 fully saturated rings. The molecule has 1 aliphatic rings. The largest absolute Gasteiger partial charge is 0.354 e. The lowest BCUT2D eigenvalue weighted by Crippen LogP contribution is -2.41. The van der Waals surface area contributed by atoms with Gasteiger partial charge in [0.2, 0.25) is 5.91 Å². The van der Waals surface area contributed by atoms with E-state index in [1.807, 2.05) is 24.0 Å². The standard InChI is InChI=1S/C23H22ClFN4O2/c1-15-4-9-20(19(24)13-15)26-23(31)16-3-2-12-28(14-16)21-10-11-22(30)29(27-21)18-7-5-17(25)6-8-18/h4-11,13,16H,2-3,12,14H2,1H3,(H,26,31). The van der Waals surface area contributed by atoms with E-state index in [9.17, 15) is 14.0 Å². The fourth-order valence-corrected chi connectivity index (χ4v) is 3.98. The SMILES string of the molecule is Cc1ccc(NC(=O)C2CCCN(c3ccc(=O)n(-c4ccc(F)cc4)n3)C2)c(Cl)c1. The number of aromatic nitrogens is 2. The Hall–Kier alpha value is -3.19. The first kappa shape index (κ1) is 21.1. The predicted octanol–water partition coefficient (Wildman–Crippen LogP) is 4.19. The van der Waals surface area contributed by atoms with Crippen LogP contribution in [0.5, 0.6) is 0 Å². The van der Waals surface area contributed by atoms with Crippen molar-refractivity contribution in [2.75, 3.05) is 23.3 Å². The number of nitrogens with one attached hydrogen (secondary N) is 1. The maximum absolute atomic E-state index is 13.2. The summed E-state index contributed by atoms with van der Waals surface area (Å²) in [6, 6.07) is 14.2. The van der Waals surface area contributed by atoms with Crippen LogP contribution in [0.3, 0.4) is 0 Å². The molecular formula is C23H22ClFN4O2. The Morgan fingerprint density at radius 3 is 2.68 bits per heavy atom. The molecule has 0 bridgehead atoms. The van der Waals surface area contributed by atoms with E-state index in [4.69, 9.17) is 11.6 Å². The third-order valence-electron chi connectivity index (χ3n) is 5.36. The van der Waals surface area contributed by atoms with Gasteiger partial charge < -0.3 is 10.2 Å². The number of nitrogens with zero attached hydrogens (tertiary/aromatic N) is 3. The van der Waals surface area contributed by atoms with Crippen LogP contribution in [0.2, 0.25) is 5.02 Å². The molecule has 0 radical (unpaired) electrons. The van der Waals surface area contributed by atoms with Gasteiger partial charge in [0.15, 0.2) is 0 Å². The lowest BCUT2D eigenvalue weighted by molar-refractivity contribution is -0.120. The molecule has 1 aromatic heterocycles. The van der Waals surface area contributed by atoms with E-state index in [1.54, 1.807) is 12.1 Å². The van der Waals surface area contributed by atoms with Crippen molar-refractivity contribution in [3.63, 3.8) is 0 Å². The first-order valence-corrected chi connectivity index (χ1v) is 10.5. The van der Waals surface area contributed by atoms with E-state index >= 15 is 0 Å². The topological polar surface area (TPSA) is 67.2 Å². The lowest BCUT2D eigenvalue weighted by atomic mass is 9.97. The molecule has 1 amide bonds. The summed E-state index contributed by atoms with van der Waals surface area (Å²) < 4.78 is 14.5. The van der Waals surface area contributed by atoms with Crippen molar-refractivity contribution in [3.05, 3.63) is 81.4 Å². The first-order valence-electron chi connectivity index (χ1n) is 10.1. The molecule has 2 aromatic carbocycles. The van der Waals surface area contributed by atoms with Gasteiger partial charge in [-0.05, 0) is 67.8 Å². The number of benzene rings is 2. The van der Waals surface area contributed by atoms with Crippen LogP contribution in [0.15, 0.2) is 59.4 Å². The molecule has 6 nitrogen and oxygen atoms in total. The zero-order valence-electron chi connectivity index (χ0n) is 17.0. The normalized spacial score (nSPS) is 16.2.